The number of aliphatic hydroxyl groups is 1. The van der Waals surface area contributed by atoms with Crippen molar-refractivity contribution in [3.63, 3.8) is 0 Å². The van der Waals surface area contributed by atoms with Gasteiger partial charge in [0.15, 0.2) is 0 Å². The third kappa shape index (κ3) is 3.76. The van der Waals surface area contributed by atoms with Crippen LogP contribution in [-0.2, 0) is 9.59 Å². The average molecular weight is 415 g/mol. The van der Waals surface area contributed by atoms with Crippen LogP contribution in [0.5, 0.6) is 0 Å². The summed E-state index contributed by atoms with van der Waals surface area (Å²) in [4.78, 5) is 41.9. The molecule has 3 aliphatic rings. The molecule has 30 heavy (non-hydrogen) atoms. The van der Waals surface area contributed by atoms with E-state index in [0.29, 0.717) is 44.5 Å². The van der Waals surface area contributed by atoms with Crippen molar-refractivity contribution in [2.24, 2.45) is 5.92 Å². The molecule has 162 valence electrons. The monoisotopic (exact) mass is 414 g/mol. The van der Waals surface area contributed by atoms with Gasteiger partial charge < -0.3 is 25.5 Å². The van der Waals surface area contributed by atoms with Gasteiger partial charge in [-0.2, -0.15) is 0 Å². The summed E-state index contributed by atoms with van der Waals surface area (Å²) in [5, 5.41) is 16.4. The Morgan fingerprint density at radius 2 is 1.97 bits per heavy atom. The fourth-order valence-electron chi connectivity index (χ4n) is 4.78. The van der Waals surface area contributed by atoms with Gasteiger partial charge in [0.2, 0.25) is 11.8 Å². The fourth-order valence-corrected chi connectivity index (χ4v) is 4.78. The summed E-state index contributed by atoms with van der Waals surface area (Å²) >= 11 is 0. The molecule has 4 rings (SSSR count). The van der Waals surface area contributed by atoms with Crippen molar-refractivity contribution in [1.82, 2.24) is 15.1 Å². The van der Waals surface area contributed by atoms with Crippen LogP contribution >= 0.6 is 0 Å². The molecule has 0 bridgehead atoms. The van der Waals surface area contributed by atoms with E-state index in [1.807, 2.05) is 25.1 Å². The molecule has 2 saturated heterocycles. The lowest BCUT2D eigenvalue weighted by Gasteiger charge is -2.40. The fraction of sp³-hybridized carbons (Fsp3) is 0.591. The van der Waals surface area contributed by atoms with Gasteiger partial charge in [0.1, 0.15) is 11.7 Å². The summed E-state index contributed by atoms with van der Waals surface area (Å²) in [5.74, 6) is -0.272. The van der Waals surface area contributed by atoms with E-state index >= 15 is 0 Å². The largest absolute Gasteiger partial charge is 0.393 e. The second-order valence-corrected chi connectivity index (χ2v) is 8.84. The number of rotatable bonds is 2. The number of hydrogen-bond acceptors (Lipinski definition) is 5. The Balaban J connectivity index is 1.47. The van der Waals surface area contributed by atoms with Crippen molar-refractivity contribution in [2.75, 3.05) is 25.0 Å². The highest BCUT2D eigenvalue weighted by Gasteiger charge is 2.42. The van der Waals surface area contributed by atoms with E-state index < -0.39 is 11.7 Å². The Morgan fingerprint density at radius 3 is 2.73 bits per heavy atom. The van der Waals surface area contributed by atoms with Crippen LogP contribution in [0.1, 0.15) is 49.9 Å². The van der Waals surface area contributed by atoms with E-state index in [9.17, 15) is 19.5 Å². The normalized spacial score (nSPS) is 30.2. The second-order valence-electron chi connectivity index (χ2n) is 8.84. The lowest BCUT2D eigenvalue weighted by molar-refractivity contribution is -0.147. The number of carbonyl (C=O) groups excluding carboxylic acids is 3. The molecule has 4 atom stereocenters. The number of carbonyl (C=O) groups is 3. The molecular formula is C22H30N4O4. The first-order valence-corrected chi connectivity index (χ1v) is 10.8. The summed E-state index contributed by atoms with van der Waals surface area (Å²) in [6.45, 7) is 5.11. The van der Waals surface area contributed by atoms with Crippen molar-refractivity contribution >= 4 is 23.4 Å². The molecule has 3 N–H and O–H groups in total. The molecule has 1 aromatic carbocycles. The molecule has 3 amide bonds. The molecule has 1 spiro atoms. The Labute approximate surface area is 176 Å². The van der Waals surface area contributed by atoms with Crippen LogP contribution in [-0.4, -0.2) is 70.1 Å². The summed E-state index contributed by atoms with van der Waals surface area (Å²) in [5.41, 5.74) is 0.676. The number of fused-ring (bicyclic) bond motifs is 1. The van der Waals surface area contributed by atoms with Crippen LogP contribution in [0.3, 0.4) is 0 Å². The lowest BCUT2D eigenvalue weighted by atomic mass is 9.95. The van der Waals surface area contributed by atoms with E-state index in [1.165, 1.54) is 0 Å². The Bertz CT molecular complexity index is 859. The molecule has 1 aromatic rings. The van der Waals surface area contributed by atoms with Gasteiger partial charge in [0.25, 0.3) is 5.91 Å². The van der Waals surface area contributed by atoms with E-state index in [2.05, 4.69) is 10.6 Å². The number of aliphatic hydroxyl groups excluding tert-OH is 1. The van der Waals surface area contributed by atoms with Crippen LogP contribution in [0.15, 0.2) is 24.3 Å². The first-order chi connectivity index (χ1) is 14.3. The SMILES string of the molecule is C[C@@H]1CN(C(=O)[C@@H](C)N2CC[C@]3(CCC2=O)NC(=O)c2ccccc2N3)CC[C@H]1O. The minimum absolute atomic E-state index is 0.0275. The molecule has 8 nitrogen and oxygen atoms in total. The second kappa shape index (κ2) is 7.91. The van der Waals surface area contributed by atoms with Crippen LogP contribution < -0.4 is 10.6 Å². The summed E-state index contributed by atoms with van der Waals surface area (Å²) in [6, 6.07) is 6.78. The van der Waals surface area contributed by atoms with E-state index in [1.54, 1.807) is 22.8 Å². The summed E-state index contributed by atoms with van der Waals surface area (Å²) < 4.78 is 0. The molecular weight excluding hydrogens is 384 g/mol. The average Bonchev–Trinajstić information content (AvgIpc) is 2.88. The van der Waals surface area contributed by atoms with Gasteiger partial charge >= 0.3 is 0 Å². The number of anilines is 1. The van der Waals surface area contributed by atoms with Crippen molar-refractivity contribution in [3.05, 3.63) is 29.8 Å². The molecule has 8 heteroatoms. The van der Waals surface area contributed by atoms with Crippen molar-refractivity contribution in [2.45, 2.75) is 57.3 Å². The zero-order valence-electron chi connectivity index (χ0n) is 17.6. The Kier molecular flexibility index (Phi) is 5.44. The smallest absolute Gasteiger partial charge is 0.255 e. The van der Waals surface area contributed by atoms with Gasteiger partial charge in [0.05, 0.1) is 11.7 Å². The quantitative estimate of drug-likeness (QED) is 0.674. The first-order valence-electron chi connectivity index (χ1n) is 10.8. The molecule has 3 aliphatic heterocycles. The predicted octanol–water partition coefficient (Wildman–Crippen LogP) is 1.17. The molecule has 0 saturated carbocycles. The number of nitrogens with zero attached hydrogens (tertiary/aromatic N) is 2. The van der Waals surface area contributed by atoms with Gasteiger partial charge in [-0.1, -0.05) is 19.1 Å². The molecule has 0 radical (unpaired) electrons. The zero-order chi connectivity index (χ0) is 21.5. The van der Waals surface area contributed by atoms with Crippen LogP contribution in [0.2, 0.25) is 0 Å². The highest BCUT2D eigenvalue weighted by molar-refractivity contribution is 6.02. The lowest BCUT2D eigenvalue weighted by Crippen LogP contribution is -2.58. The summed E-state index contributed by atoms with van der Waals surface area (Å²) in [6.07, 6.45) is 1.42. The van der Waals surface area contributed by atoms with Crippen molar-refractivity contribution < 1.29 is 19.5 Å². The maximum atomic E-state index is 13.1. The highest BCUT2D eigenvalue weighted by atomic mass is 16.3. The molecule has 3 heterocycles. The number of likely N-dealkylation sites (tertiary alicyclic amines) is 2. The number of hydrogen-bond donors (Lipinski definition) is 3. The van der Waals surface area contributed by atoms with Crippen LogP contribution in [0.4, 0.5) is 5.69 Å². The number of para-hydroxylation sites is 1. The van der Waals surface area contributed by atoms with Gasteiger partial charge in [-0.15, -0.1) is 0 Å². The maximum absolute atomic E-state index is 13.1. The van der Waals surface area contributed by atoms with E-state index in [4.69, 9.17) is 0 Å². The van der Waals surface area contributed by atoms with Crippen LogP contribution in [0.25, 0.3) is 0 Å². The number of benzene rings is 1. The van der Waals surface area contributed by atoms with Gasteiger partial charge in [0, 0.05) is 38.2 Å². The standard InChI is InChI=1S/C22H30N4O4/c1-14-13-25(11-8-18(14)27)21(30)15(2)26-12-10-22(9-7-19(26)28)23-17-6-4-3-5-16(17)20(29)24-22/h3-6,14-15,18,23,27H,7-13H2,1-2H3,(H,24,29)/t14-,15-,18-,22+/m1/s1. The van der Waals surface area contributed by atoms with Crippen molar-refractivity contribution in [3.8, 4) is 0 Å². The minimum atomic E-state index is -0.692. The van der Waals surface area contributed by atoms with E-state index in [0.717, 1.165) is 5.69 Å². The zero-order valence-corrected chi connectivity index (χ0v) is 17.6. The predicted molar refractivity (Wildman–Crippen MR) is 112 cm³/mol. The van der Waals surface area contributed by atoms with Gasteiger partial charge in [-0.05, 0) is 37.8 Å². The summed E-state index contributed by atoms with van der Waals surface area (Å²) in [7, 11) is 0. The molecule has 0 unspecified atom stereocenters. The Morgan fingerprint density at radius 1 is 1.20 bits per heavy atom. The maximum Gasteiger partial charge on any atom is 0.255 e. The van der Waals surface area contributed by atoms with Crippen LogP contribution in [0, 0.1) is 5.92 Å². The third-order valence-electron chi connectivity index (χ3n) is 6.76. The highest BCUT2D eigenvalue weighted by Crippen LogP contribution is 2.32. The number of nitrogens with one attached hydrogen (secondary N) is 2. The molecule has 2 fully saturated rings. The van der Waals surface area contributed by atoms with E-state index in [-0.39, 0.29) is 36.2 Å². The Hall–Kier alpha value is -2.61. The first kappa shape index (κ1) is 20.7. The van der Waals surface area contributed by atoms with Gasteiger partial charge in [-0.3, -0.25) is 14.4 Å². The number of amides is 3. The topological polar surface area (TPSA) is 102 Å². The minimum Gasteiger partial charge on any atom is -0.393 e. The van der Waals surface area contributed by atoms with Gasteiger partial charge in [-0.25, -0.2) is 0 Å². The third-order valence-corrected chi connectivity index (χ3v) is 6.76. The molecule has 0 aliphatic carbocycles. The van der Waals surface area contributed by atoms with Crippen molar-refractivity contribution in [1.29, 1.82) is 0 Å². The molecule has 0 aromatic heterocycles. The number of piperidine rings is 1.